The zero-order valence-electron chi connectivity index (χ0n) is 8.59. The van der Waals surface area contributed by atoms with Gasteiger partial charge in [0.05, 0.1) is 0 Å². The molecule has 0 amide bonds. The van der Waals surface area contributed by atoms with Crippen molar-refractivity contribution in [3.05, 3.63) is 41.5 Å². The van der Waals surface area contributed by atoms with Gasteiger partial charge in [-0.1, -0.05) is 24.3 Å². The summed E-state index contributed by atoms with van der Waals surface area (Å²) in [5, 5.41) is 0. The van der Waals surface area contributed by atoms with E-state index in [0.29, 0.717) is 5.56 Å². The lowest BCUT2D eigenvalue weighted by molar-refractivity contribution is 0.0282. The molecule has 0 saturated heterocycles. The molecular formula is C11H12F2O2. The fourth-order valence-corrected chi connectivity index (χ4v) is 1.18. The highest BCUT2D eigenvalue weighted by atomic mass is 19.3. The summed E-state index contributed by atoms with van der Waals surface area (Å²) >= 11 is 0. The van der Waals surface area contributed by atoms with Gasteiger partial charge < -0.3 is 9.47 Å². The number of aryl methyl sites for hydroxylation is 1. The summed E-state index contributed by atoms with van der Waals surface area (Å²) in [4.78, 5) is 0. The van der Waals surface area contributed by atoms with Gasteiger partial charge in [0.25, 0.3) is 0 Å². The minimum atomic E-state index is -1.85. The van der Waals surface area contributed by atoms with Crippen LogP contribution in [-0.2, 0) is 9.47 Å². The van der Waals surface area contributed by atoms with E-state index in [-0.39, 0.29) is 6.79 Å². The predicted octanol–water partition coefficient (Wildman–Crippen LogP) is 3.18. The van der Waals surface area contributed by atoms with Crippen LogP contribution in [0.1, 0.15) is 11.1 Å². The maximum atomic E-state index is 12.6. The summed E-state index contributed by atoms with van der Waals surface area (Å²) in [6.07, 6.45) is -1.85. The van der Waals surface area contributed by atoms with E-state index in [0.717, 1.165) is 5.56 Å². The van der Waals surface area contributed by atoms with Crippen LogP contribution in [0.5, 0.6) is 0 Å². The fraction of sp³-hybridized carbons (Fsp3) is 0.273. The maximum Gasteiger partial charge on any atom is 0.312 e. The second kappa shape index (κ2) is 5.46. The Balaban J connectivity index is 3.01. The molecule has 0 unspecified atom stereocenters. The van der Waals surface area contributed by atoms with E-state index in [2.05, 4.69) is 4.74 Å². The first-order valence-electron chi connectivity index (χ1n) is 4.40. The standard InChI is InChI=1S/C11H12F2O2/c1-8-5-3-4-6-9(8)10(11(12)13)15-7-14-2/h3-6H,7H2,1-2H3. The average Bonchev–Trinajstić information content (AvgIpc) is 2.20. The predicted molar refractivity (Wildman–Crippen MR) is 53.3 cm³/mol. The monoisotopic (exact) mass is 214 g/mol. The number of rotatable bonds is 4. The fourth-order valence-electron chi connectivity index (χ4n) is 1.18. The van der Waals surface area contributed by atoms with E-state index in [9.17, 15) is 8.78 Å². The number of hydrogen-bond acceptors (Lipinski definition) is 2. The second-order valence-electron chi connectivity index (χ2n) is 2.96. The Morgan fingerprint density at radius 3 is 2.47 bits per heavy atom. The molecule has 0 radical (unpaired) electrons. The molecule has 0 aliphatic carbocycles. The highest BCUT2D eigenvalue weighted by Crippen LogP contribution is 2.24. The summed E-state index contributed by atoms with van der Waals surface area (Å²) in [6.45, 7) is 1.55. The summed E-state index contributed by atoms with van der Waals surface area (Å²) in [5.74, 6) is -0.421. The number of ether oxygens (including phenoxy) is 2. The number of halogens is 2. The third kappa shape index (κ3) is 3.02. The summed E-state index contributed by atoms with van der Waals surface area (Å²) in [7, 11) is 1.38. The van der Waals surface area contributed by atoms with Gasteiger partial charge in [0.15, 0.2) is 12.6 Å². The van der Waals surface area contributed by atoms with Crippen molar-refractivity contribution in [2.45, 2.75) is 6.92 Å². The van der Waals surface area contributed by atoms with Crippen molar-refractivity contribution >= 4 is 5.76 Å². The summed E-state index contributed by atoms with van der Waals surface area (Å²) in [5.41, 5.74) is 1.12. The zero-order valence-corrected chi connectivity index (χ0v) is 8.59. The van der Waals surface area contributed by atoms with Crippen molar-refractivity contribution in [3.8, 4) is 0 Å². The Morgan fingerprint density at radius 2 is 1.93 bits per heavy atom. The lowest BCUT2D eigenvalue weighted by atomic mass is 10.1. The normalized spacial score (nSPS) is 9.87. The first-order valence-corrected chi connectivity index (χ1v) is 4.40. The van der Waals surface area contributed by atoms with E-state index < -0.39 is 11.8 Å². The molecule has 15 heavy (non-hydrogen) atoms. The minimum Gasteiger partial charge on any atom is -0.461 e. The third-order valence-corrected chi connectivity index (χ3v) is 1.88. The van der Waals surface area contributed by atoms with Gasteiger partial charge in [-0.15, -0.1) is 0 Å². The Bertz CT molecular complexity index is 357. The first-order chi connectivity index (χ1) is 7.16. The van der Waals surface area contributed by atoms with Gasteiger partial charge in [-0.2, -0.15) is 8.78 Å². The van der Waals surface area contributed by atoms with Crippen molar-refractivity contribution in [2.75, 3.05) is 13.9 Å². The average molecular weight is 214 g/mol. The van der Waals surface area contributed by atoms with E-state index in [1.165, 1.54) is 7.11 Å². The molecule has 1 aromatic carbocycles. The van der Waals surface area contributed by atoms with Crippen molar-refractivity contribution < 1.29 is 18.3 Å². The van der Waals surface area contributed by atoms with Gasteiger partial charge in [-0.3, -0.25) is 0 Å². The molecule has 0 heterocycles. The molecular weight excluding hydrogens is 202 g/mol. The van der Waals surface area contributed by atoms with Gasteiger partial charge >= 0.3 is 6.08 Å². The quantitative estimate of drug-likeness (QED) is 0.566. The number of benzene rings is 1. The van der Waals surface area contributed by atoms with Crippen LogP contribution in [0.3, 0.4) is 0 Å². The molecule has 4 heteroatoms. The van der Waals surface area contributed by atoms with Crippen LogP contribution in [0.4, 0.5) is 8.78 Å². The molecule has 0 aliphatic rings. The van der Waals surface area contributed by atoms with Gasteiger partial charge in [0, 0.05) is 12.7 Å². The van der Waals surface area contributed by atoms with E-state index in [4.69, 9.17) is 4.74 Å². The third-order valence-electron chi connectivity index (χ3n) is 1.88. The SMILES string of the molecule is COCOC(=C(F)F)c1ccccc1C. The number of methoxy groups -OCH3 is 1. The Morgan fingerprint density at radius 1 is 1.27 bits per heavy atom. The molecule has 1 rings (SSSR count). The molecule has 0 saturated carbocycles. The zero-order chi connectivity index (χ0) is 11.3. The largest absolute Gasteiger partial charge is 0.461 e. The Labute approximate surface area is 87.1 Å². The van der Waals surface area contributed by atoms with Gasteiger partial charge in [-0.05, 0) is 12.5 Å². The molecule has 0 aromatic heterocycles. The summed E-state index contributed by atoms with van der Waals surface area (Å²) in [6, 6.07) is 6.79. The minimum absolute atomic E-state index is 0.193. The highest BCUT2D eigenvalue weighted by Gasteiger charge is 2.12. The van der Waals surface area contributed by atoms with Gasteiger partial charge in [-0.25, -0.2) is 0 Å². The first kappa shape index (κ1) is 11.7. The van der Waals surface area contributed by atoms with Gasteiger partial charge in [0.2, 0.25) is 0 Å². The lowest BCUT2D eigenvalue weighted by Crippen LogP contribution is -1.99. The van der Waals surface area contributed by atoms with Crippen LogP contribution in [0.15, 0.2) is 30.3 Å². The molecule has 82 valence electrons. The van der Waals surface area contributed by atoms with Crippen LogP contribution in [0.2, 0.25) is 0 Å². The smallest absolute Gasteiger partial charge is 0.312 e. The summed E-state index contributed by atoms with van der Waals surface area (Å²) < 4.78 is 34.6. The molecule has 0 N–H and O–H groups in total. The molecule has 1 aromatic rings. The second-order valence-corrected chi connectivity index (χ2v) is 2.96. The van der Waals surface area contributed by atoms with Crippen molar-refractivity contribution in [1.29, 1.82) is 0 Å². The highest BCUT2D eigenvalue weighted by molar-refractivity contribution is 5.63. The van der Waals surface area contributed by atoms with Gasteiger partial charge in [0.1, 0.15) is 0 Å². The van der Waals surface area contributed by atoms with Crippen molar-refractivity contribution in [1.82, 2.24) is 0 Å². The Hall–Kier alpha value is -1.42. The van der Waals surface area contributed by atoms with Crippen LogP contribution < -0.4 is 0 Å². The molecule has 0 spiro atoms. The Kier molecular flexibility index (Phi) is 4.24. The molecule has 0 aliphatic heterocycles. The molecule has 0 bridgehead atoms. The number of hydrogen-bond donors (Lipinski definition) is 0. The van der Waals surface area contributed by atoms with E-state index >= 15 is 0 Å². The molecule has 2 nitrogen and oxygen atoms in total. The van der Waals surface area contributed by atoms with Crippen molar-refractivity contribution in [3.63, 3.8) is 0 Å². The maximum absolute atomic E-state index is 12.6. The van der Waals surface area contributed by atoms with Crippen LogP contribution in [0.25, 0.3) is 5.76 Å². The lowest BCUT2D eigenvalue weighted by Gasteiger charge is -2.10. The molecule has 0 atom stereocenters. The molecule has 0 fully saturated rings. The van der Waals surface area contributed by atoms with E-state index in [1.807, 2.05) is 0 Å². The van der Waals surface area contributed by atoms with Crippen molar-refractivity contribution in [2.24, 2.45) is 0 Å². The van der Waals surface area contributed by atoms with Crippen LogP contribution >= 0.6 is 0 Å². The topological polar surface area (TPSA) is 18.5 Å². The van der Waals surface area contributed by atoms with Crippen LogP contribution in [0, 0.1) is 6.92 Å². The van der Waals surface area contributed by atoms with E-state index in [1.54, 1.807) is 31.2 Å². The van der Waals surface area contributed by atoms with Crippen LogP contribution in [-0.4, -0.2) is 13.9 Å².